The van der Waals surface area contributed by atoms with Gasteiger partial charge >= 0.3 is 0 Å². The lowest BCUT2D eigenvalue weighted by atomic mass is 10.1. The predicted octanol–water partition coefficient (Wildman–Crippen LogP) is 2.52. The van der Waals surface area contributed by atoms with Gasteiger partial charge in [-0.2, -0.15) is 5.10 Å². The number of rotatable bonds is 3. The number of hydrogen-bond donors (Lipinski definition) is 1. The van der Waals surface area contributed by atoms with Crippen molar-refractivity contribution in [3.05, 3.63) is 46.8 Å². The van der Waals surface area contributed by atoms with E-state index in [-0.39, 0.29) is 24.4 Å². The molecule has 25 heavy (non-hydrogen) atoms. The summed E-state index contributed by atoms with van der Waals surface area (Å²) in [7, 11) is 0. The molecule has 2 heterocycles. The molecule has 6 heteroatoms. The zero-order valence-corrected chi connectivity index (χ0v) is 15.4. The molecule has 1 aromatic carbocycles. The Bertz CT molecular complexity index is 768. The number of benzene rings is 1. The molecule has 1 unspecified atom stereocenters. The number of hydrogen-bond acceptors (Lipinski definition) is 3. The molecule has 134 valence electrons. The number of amides is 1. The third kappa shape index (κ3) is 3.18. The summed E-state index contributed by atoms with van der Waals surface area (Å²) in [4.78, 5) is 14.7. The first kappa shape index (κ1) is 18.0. The van der Waals surface area contributed by atoms with Gasteiger partial charge in [-0.05, 0) is 49.8 Å². The van der Waals surface area contributed by atoms with Crippen LogP contribution in [-0.4, -0.2) is 39.7 Å². The van der Waals surface area contributed by atoms with Gasteiger partial charge in [-0.15, -0.1) is 12.4 Å². The minimum Gasteiger partial charge on any atom is -0.336 e. The fraction of sp³-hybridized carbons (Fsp3) is 0.474. The normalized spacial score (nSPS) is 19.0. The van der Waals surface area contributed by atoms with Crippen LogP contribution in [0.15, 0.2) is 24.3 Å². The molecule has 0 bridgehead atoms. The molecule has 0 spiro atoms. The maximum atomic E-state index is 12.9. The molecule has 1 aliphatic heterocycles. The molecular weight excluding hydrogens is 336 g/mol. The molecule has 0 saturated carbocycles. The Labute approximate surface area is 154 Å². The van der Waals surface area contributed by atoms with Gasteiger partial charge in [-0.25, -0.2) is 4.68 Å². The van der Waals surface area contributed by atoms with Crippen molar-refractivity contribution in [1.82, 2.24) is 14.7 Å². The third-order valence-electron chi connectivity index (χ3n) is 5.23. The largest absolute Gasteiger partial charge is 0.336 e. The van der Waals surface area contributed by atoms with Gasteiger partial charge in [-0.3, -0.25) is 4.79 Å². The van der Waals surface area contributed by atoms with E-state index in [0.717, 1.165) is 49.9 Å². The fourth-order valence-corrected chi connectivity index (χ4v) is 3.82. The monoisotopic (exact) mass is 360 g/mol. The van der Waals surface area contributed by atoms with Crippen LogP contribution < -0.4 is 5.73 Å². The number of carbonyl (C=O) groups is 1. The lowest BCUT2D eigenvalue weighted by Gasteiger charge is -2.14. The summed E-state index contributed by atoms with van der Waals surface area (Å²) in [5, 5.41) is 4.71. The summed E-state index contributed by atoms with van der Waals surface area (Å²) >= 11 is 0. The summed E-state index contributed by atoms with van der Waals surface area (Å²) < 4.78 is 1.98. The highest BCUT2D eigenvalue weighted by Gasteiger charge is 2.32. The van der Waals surface area contributed by atoms with Crippen molar-refractivity contribution in [2.75, 3.05) is 13.1 Å². The molecule has 1 aromatic heterocycles. The molecule has 2 aromatic rings. The van der Waals surface area contributed by atoms with Crippen molar-refractivity contribution < 1.29 is 4.79 Å². The molecular formula is C19H25ClN4O. The molecule has 1 amide bonds. The zero-order valence-electron chi connectivity index (χ0n) is 14.6. The highest BCUT2D eigenvalue weighted by atomic mass is 35.5. The van der Waals surface area contributed by atoms with E-state index < -0.39 is 0 Å². The maximum Gasteiger partial charge on any atom is 0.274 e. The van der Waals surface area contributed by atoms with E-state index in [1.807, 2.05) is 9.58 Å². The summed E-state index contributed by atoms with van der Waals surface area (Å²) in [6.07, 6.45) is 4.94. The van der Waals surface area contributed by atoms with Gasteiger partial charge in [0.2, 0.25) is 0 Å². The Kier molecular flexibility index (Phi) is 5.16. The van der Waals surface area contributed by atoms with Gasteiger partial charge in [0.15, 0.2) is 5.69 Å². The number of aromatic nitrogens is 2. The second-order valence-corrected chi connectivity index (χ2v) is 6.86. The van der Waals surface area contributed by atoms with Gasteiger partial charge < -0.3 is 10.6 Å². The van der Waals surface area contributed by atoms with Crippen LogP contribution in [0.3, 0.4) is 0 Å². The number of fused-ring (bicyclic) bond motifs is 1. The van der Waals surface area contributed by atoms with E-state index in [1.165, 1.54) is 11.3 Å². The first-order valence-electron chi connectivity index (χ1n) is 8.92. The number of nitrogens with two attached hydrogens (primary N) is 1. The van der Waals surface area contributed by atoms with Crippen LogP contribution in [0, 0.1) is 0 Å². The van der Waals surface area contributed by atoms with Gasteiger partial charge in [0.25, 0.3) is 5.91 Å². The van der Waals surface area contributed by atoms with Crippen molar-refractivity contribution in [3.8, 4) is 5.69 Å². The Morgan fingerprint density at radius 1 is 1.28 bits per heavy atom. The van der Waals surface area contributed by atoms with Crippen molar-refractivity contribution in [2.24, 2.45) is 5.73 Å². The first-order valence-corrected chi connectivity index (χ1v) is 8.92. The van der Waals surface area contributed by atoms with Crippen LogP contribution in [0.25, 0.3) is 5.69 Å². The van der Waals surface area contributed by atoms with Gasteiger partial charge in [0.1, 0.15) is 0 Å². The van der Waals surface area contributed by atoms with E-state index in [4.69, 9.17) is 10.8 Å². The molecule has 0 radical (unpaired) electrons. The van der Waals surface area contributed by atoms with Crippen LogP contribution in [0.5, 0.6) is 0 Å². The number of carbonyl (C=O) groups excluding carboxylic acids is 1. The molecule has 1 saturated heterocycles. The number of likely N-dealkylation sites (tertiary alicyclic amines) is 1. The van der Waals surface area contributed by atoms with E-state index in [2.05, 4.69) is 31.2 Å². The topological polar surface area (TPSA) is 64.2 Å². The molecule has 1 aliphatic carbocycles. The minimum atomic E-state index is 0. The number of halogens is 1. The molecule has 1 atom stereocenters. The Balaban J connectivity index is 0.00000182. The SMILES string of the molecule is CCc1ccc(-n2nc(C(=O)N3CCC(N)C3)c3c2CCC3)cc1.Cl. The van der Waals surface area contributed by atoms with Crippen LogP contribution in [0.4, 0.5) is 0 Å². The fourth-order valence-electron chi connectivity index (χ4n) is 3.82. The zero-order chi connectivity index (χ0) is 16.7. The van der Waals surface area contributed by atoms with Crippen molar-refractivity contribution in [2.45, 2.75) is 45.1 Å². The minimum absolute atomic E-state index is 0. The summed E-state index contributed by atoms with van der Waals surface area (Å²) in [5.74, 6) is 0.0463. The predicted molar refractivity (Wildman–Crippen MR) is 101 cm³/mol. The van der Waals surface area contributed by atoms with Crippen LogP contribution in [0.1, 0.15) is 47.1 Å². The molecule has 2 aliphatic rings. The van der Waals surface area contributed by atoms with Crippen LogP contribution in [-0.2, 0) is 19.3 Å². The highest BCUT2D eigenvalue weighted by Crippen LogP contribution is 2.29. The standard InChI is InChI=1S/C19H24N4O.ClH/c1-2-13-6-8-15(9-7-13)23-17-5-3-4-16(17)18(21-23)19(24)22-11-10-14(20)12-22;/h6-9,14H,2-5,10-12,20H2,1H3;1H. The lowest BCUT2D eigenvalue weighted by Crippen LogP contribution is -2.32. The van der Waals surface area contributed by atoms with Crippen molar-refractivity contribution in [1.29, 1.82) is 0 Å². The summed E-state index contributed by atoms with van der Waals surface area (Å²) in [6.45, 7) is 3.54. The molecule has 4 rings (SSSR count). The molecule has 2 N–H and O–H groups in total. The van der Waals surface area contributed by atoms with E-state index in [9.17, 15) is 4.79 Å². The summed E-state index contributed by atoms with van der Waals surface area (Å²) in [6, 6.07) is 8.58. The Hall–Kier alpha value is -1.85. The number of aryl methyl sites for hydroxylation is 1. The van der Waals surface area contributed by atoms with E-state index in [0.29, 0.717) is 12.2 Å². The average Bonchev–Trinajstić information content (AvgIpc) is 3.30. The van der Waals surface area contributed by atoms with Crippen LogP contribution >= 0.6 is 12.4 Å². The van der Waals surface area contributed by atoms with E-state index >= 15 is 0 Å². The van der Waals surface area contributed by atoms with Gasteiger partial charge in [0.05, 0.1) is 5.69 Å². The Morgan fingerprint density at radius 2 is 2.04 bits per heavy atom. The van der Waals surface area contributed by atoms with E-state index in [1.54, 1.807) is 0 Å². The second kappa shape index (κ2) is 7.18. The number of nitrogens with zero attached hydrogens (tertiary/aromatic N) is 3. The van der Waals surface area contributed by atoms with Crippen molar-refractivity contribution >= 4 is 18.3 Å². The Morgan fingerprint density at radius 3 is 2.68 bits per heavy atom. The third-order valence-corrected chi connectivity index (χ3v) is 5.23. The van der Waals surface area contributed by atoms with Gasteiger partial charge in [0, 0.05) is 30.4 Å². The maximum absolute atomic E-state index is 12.9. The molecule has 1 fully saturated rings. The quantitative estimate of drug-likeness (QED) is 0.914. The van der Waals surface area contributed by atoms with Crippen molar-refractivity contribution in [3.63, 3.8) is 0 Å². The average molecular weight is 361 g/mol. The summed E-state index contributed by atoms with van der Waals surface area (Å²) in [5.41, 5.74) is 11.3. The molecule has 5 nitrogen and oxygen atoms in total. The lowest BCUT2D eigenvalue weighted by molar-refractivity contribution is 0.0783. The highest BCUT2D eigenvalue weighted by molar-refractivity contribution is 5.94. The first-order chi connectivity index (χ1) is 11.7. The van der Waals surface area contributed by atoms with Gasteiger partial charge in [-0.1, -0.05) is 19.1 Å². The smallest absolute Gasteiger partial charge is 0.274 e. The second-order valence-electron chi connectivity index (χ2n) is 6.86. The van der Waals surface area contributed by atoms with Crippen LogP contribution in [0.2, 0.25) is 0 Å².